The first kappa shape index (κ1) is 34.0. The second kappa shape index (κ2) is 14.1. The van der Waals surface area contributed by atoms with E-state index in [-0.39, 0.29) is 17.4 Å². The van der Waals surface area contributed by atoms with Gasteiger partial charge >= 0.3 is 6.09 Å². The molecule has 44 heavy (non-hydrogen) atoms. The zero-order valence-electron chi connectivity index (χ0n) is 27.0. The van der Waals surface area contributed by atoms with Crippen molar-refractivity contribution in [3.8, 4) is 0 Å². The molecule has 0 radical (unpaired) electrons. The summed E-state index contributed by atoms with van der Waals surface area (Å²) in [6.07, 6.45) is 11.7. The zero-order chi connectivity index (χ0) is 32.1. The molecule has 1 aromatic heterocycles. The van der Waals surface area contributed by atoms with Crippen molar-refractivity contribution in [3.63, 3.8) is 0 Å². The van der Waals surface area contributed by atoms with Gasteiger partial charge in [-0.25, -0.2) is 18.1 Å². The number of rotatable bonds is 10. The summed E-state index contributed by atoms with van der Waals surface area (Å²) in [5.41, 5.74) is 0.610. The van der Waals surface area contributed by atoms with Crippen LogP contribution >= 0.6 is 0 Å². The Kier molecular flexibility index (Phi) is 10.9. The van der Waals surface area contributed by atoms with Crippen molar-refractivity contribution < 1.29 is 22.9 Å². The molecule has 1 aliphatic heterocycles. The van der Waals surface area contributed by atoms with Gasteiger partial charge in [0.25, 0.3) is 0 Å². The Labute approximate surface area is 264 Å². The van der Waals surface area contributed by atoms with Crippen LogP contribution in [0.1, 0.15) is 97.6 Å². The van der Waals surface area contributed by atoms with E-state index < -0.39 is 27.1 Å². The summed E-state index contributed by atoms with van der Waals surface area (Å²) in [6, 6.07) is 8.47. The van der Waals surface area contributed by atoms with Gasteiger partial charge in [0.15, 0.2) is 0 Å². The van der Waals surface area contributed by atoms with Gasteiger partial charge in [0.1, 0.15) is 11.4 Å². The summed E-state index contributed by atoms with van der Waals surface area (Å²) in [7, 11) is -1.37. The van der Waals surface area contributed by atoms with E-state index in [1.807, 2.05) is 58.6 Å². The molecule has 3 fully saturated rings. The number of hydrogen-bond acceptors (Lipinski definition) is 5. The molecule has 8 nitrogen and oxygen atoms in total. The minimum Gasteiger partial charge on any atom is -0.444 e. The van der Waals surface area contributed by atoms with Crippen LogP contribution in [0.15, 0.2) is 42.7 Å². The minimum atomic E-state index is -1.37. The largest absolute Gasteiger partial charge is 0.444 e. The van der Waals surface area contributed by atoms with Crippen LogP contribution in [-0.4, -0.2) is 50.0 Å². The molecule has 2 amide bonds. The third-order valence-corrected chi connectivity index (χ3v) is 10.1. The maximum atomic E-state index is 14.2. The second-order valence-corrected chi connectivity index (χ2v) is 16.3. The van der Waals surface area contributed by atoms with Crippen LogP contribution in [0, 0.1) is 23.6 Å². The molecule has 2 aromatic rings. The van der Waals surface area contributed by atoms with Gasteiger partial charge in [-0.2, -0.15) is 0 Å². The average Bonchev–Trinajstić information content (AvgIpc) is 3.91. The van der Waals surface area contributed by atoms with E-state index in [4.69, 9.17) is 4.74 Å². The molecular formula is C34H49FN4O4S. The second-order valence-electron chi connectivity index (χ2n) is 14.4. The highest BCUT2D eigenvalue weighted by Gasteiger charge is 2.41. The van der Waals surface area contributed by atoms with Crippen LogP contribution in [0.2, 0.25) is 0 Å². The van der Waals surface area contributed by atoms with Gasteiger partial charge in [-0.15, -0.1) is 0 Å². The lowest BCUT2D eigenvalue weighted by Gasteiger charge is -2.38. The lowest BCUT2D eigenvalue weighted by Crippen LogP contribution is -2.49. The van der Waals surface area contributed by atoms with E-state index in [0.717, 1.165) is 42.5 Å². The standard InChI is InChI=1S/C22H28FN3O2S.C12H21NO2/c1-21(2,3)29(28)26-22(11-8-16-4-5-16,17-9-12-24-13-10-17)18-6-7-19(23)20(14-18)25-15-27;1-12(2,3)15-11(14)13-7-6-10(8-13)9-4-5-9/h6-7,9-10,12-16,26H,4-5,8,11H2,1-3H3,(H,25,27);9-10H,4-8H2,1-3H3. The van der Waals surface area contributed by atoms with Crippen molar-refractivity contribution in [2.24, 2.45) is 17.8 Å². The SMILES string of the molecule is CC(C)(C)OC(=O)N1CCC(C2CC2)C1.CC(C)(C)S(=O)NC(CCC1CC1)(c1ccncc1)c1ccc(F)c(NC=O)c1. The number of carbonyl (C=O) groups is 2. The predicted octanol–water partition coefficient (Wildman–Crippen LogP) is 6.93. The van der Waals surface area contributed by atoms with Crippen molar-refractivity contribution in [1.82, 2.24) is 14.6 Å². The van der Waals surface area contributed by atoms with E-state index in [1.54, 1.807) is 24.5 Å². The lowest BCUT2D eigenvalue weighted by molar-refractivity contribution is -0.105. The summed E-state index contributed by atoms with van der Waals surface area (Å²) in [4.78, 5) is 28.7. The Balaban J connectivity index is 0.000000246. The smallest absolute Gasteiger partial charge is 0.410 e. The number of pyridine rings is 1. The summed E-state index contributed by atoms with van der Waals surface area (Å²) >= 11 is 0. The third kappa shape index (κ3) is 9.33. The van der Waals surface area contributed by atoms with E-state index in [2.05, 4.69) is 15.0 Å². The monoisotopic (exact) mass is 628 g/mol. The summed E-state index contributed by atoms with van der Waals surface area (Å²) in [5.74, 6) is 1.80. The minimum absolute atomic E-state index is 0.102. The first-order valence-electron chi connectivity index (χ1n) is 15.8. The van der Waals surface area contributed by atoms with E-state index in [0.29, 0.717) is 18.7 Å². The molecule has 0 spiro atoms. The maximum absolute atomic E-state index is 14.2. The molecule has 0 bridgehead atoms. The number of carbonyl (C=O) groups excluding carboxylic acids is 2. The van der Waals surface area contributed by atoms with Gasteiger partial charge in [-0.05, 0) is 127 Å². The molecule has 1 aromatic carbocycles. The van der Waals surface area contributed by atoms with Crippen molar-refractivity contribution in [2.75, 3.05) is 18.4 Å². The molecule has 3 aliphatic rings. The lowest BCUT2D eigenvalue weighted by atomic mass is 9.79. The molecule has 5 rings (SSSR count). The van der Waals surface area contributed by atoms with Gasteiger partial charge in [0.05, 0.1) is 27.0 Å². The fourth-order valence-electron chi connectivity index (χ4n) is 5.60. The normalized spacial score (nSPS) is 20.6. The maximum Gasteiger partial charge on any atom is 0.410 e. The fraction of sp³-hybridized carbons (Fsp3) is 0.618. The Morgan fingerprint density at radius 3 is 2.27 bits per heavy atom. The number of hydrogen-bond donors (Lipinski definition) is 2. The van der Waals surface area contributed by atoms with Crippen LogP contribution in [0.25, 0.3) is 0 Å². The van der Waals surface area contributed by atoms with Crippen LogP contribution in [0.3, 0.4) is 0 Å². The number of aromatic nitrogens is 1. The summed E-state index contributed by atoms with van der Waals surface area (Å²) in [6.45, 7) is 13.3. The third-order valence-electron chi connectivity index (χ3n) is 8.46. The first-order chi connectivity index (χ1) is 20.7. The molecule has 2 saturated carbocycles. The molecule has 242 valence electrons. The van der Waals surface area contributed by atoms with Crippen molar-refractivity contribution in [2.45, 2.75) is 102 Å². The number of likely N-dealkylation sites (tertiary alicyclic amines) is 1. The van der Waals surface area contributed by atoms with E-state index >= 15 is 0 Å². The average molecular weight is 629 g/mol. The highest BCUT2D eigenvalue weighted by Crippen LogP contribution is 2.43. The van der Waals surface area contributed by atoms with Crippen LogP contribution in [-0.2, 0) is 26.1 Å². The summed E-state index contributed by atoms with van der Waals surface area (Å²) < 4.78 is 35.7. The Morgan fingerprint density at radius 2 is 1.70 bits per heavy atom. The Hall–Kier alpha value is -2.85. The number of benzene rings is 1. The van der Waals surface area contributed by atoms with Crippen molar-refractivity contribution in [3.05, 3.63) is 59.7 Å². The topological polar surface area (TPSA) is 101 Å². The number of ether oxygens (including phenoxy) is 1. The van der Waals surface area contributed by atoms with Gasteiger partial charge in [-0.3, -0.25) is 9.78 Å². The number of nitrogens with one attached hydrogen (secondary N) is 2. The molecule has 1 saturated heterocycles. The van der Waals surface area contributed by atoms with E-state index in [9.17, 15) is 18.2 Å². The predicted molar refractivity (Wildman–Crippen MR) is 173 cm³/mol. The molecule has 2 N–H and O–H groups in total. The highest BCUT2D eigenvalue weighted by atomic mass is 32.2. The molecule has 10 heteroatoms. The van der Waals surface area contributed by atoms with Crippen LogP contribution in [0.4, 0.5) is 14.9 Å². The fourth-order valence-corrected chi connectivity index (χ4v) is 6.56. The first-order valence-corrected chi connectivity index (χ1v) is 16.9. The number of amides is 2. The highest BCUT2D eigenvalue weighted by molar-refractivity contribution is 7.84. The van der Waals surface area contributed by atoms with Gasteiger partial charge in [0.2, 0.25) is 6.41 Å². The number of nitrogens with zero attached hydrogens (tertiary/aromatic N) is 2. The van der Waals surface area contributed by atoms with Crippen LogP contribution < -0.4 is 10.0 Å². The van der Waals surface area contributed by atoms with Crippen LogP contribution in [0.5, 0.6) is 0 Å². The van der Waals surface area contributed by atoms with Gasteiger partial charge < -0.3 is 15.0 Å². The van der Waals surface area contributed by atoms with Gasteiger partial charge in [0, 0.05) is 25.5 Å². The number of halogens is 1. The number of anilines is 1. The van der Waals surface area contributed by atoms with Gasteiger partial charge in [-0.1, -0.05) is 18.9 Å². The van der Waals surface area contributed by atoms with E-state index in [1.165, 1.54) is 38.2 Å². The molecular weight excluding hydrogens is 579 g/mol. The molecule has 2 heterocycles. The molecule has 3 unspecified atom stereocenters. The quantitative estimate of drug-likeness (QED) is 0.278. The summed E-state index contributed by atoms with van der Waals surface area (Å²) in [5, 5.41) is 2.43. The Morgan fingerprint density at radius 1 is 1.02 bits per heavy atom. The van der Waals surface area contributed by atoms with Crippen molar-refractivity contribution in [1.29, 1.82) is 0 Å². The zero-order valence-corrected chi connectivity index (χ0v) is 27.8. The Bertz CT molecular complexity index is 1300. The van der Waals surface area contributed by atoms with Crippen molar-refractivity contribution >= 4 is 29.2 Å². The molecule has 3 atom stereocenters. The molecule has 2 aliphatic carbocycles.